The number of amides is 1. The number of halogens is 2. The first-order valence-corrected chi connectivity index (χ1v) is 13.2. The fourth-order valence-corrected chi connectivity index (χ4v) is 5.82. The van der Waals surface area contributed by atoms with Crippen molar-refractivity contribution in [1.82, 2.24) is 0 Å². The Kier molecular flexibility index (Phi) is 7.66. The van der Waals surface area contributed by atoms with Crippen LogP contribution in [0.15, 0.2) is 77.7 Å². The molecule has 0 aliphatic carbocycles. The van der Waals surface area contributed by atoms with Crippen molar-refractivity contribution in [3.8, 4) is 0 Å². The van der Waals surface area contributed by atoms with E-state index in [0.29, 0.717) is 10.7 Å². The van der Waals surface area contributed by atoms with Crippen molar-refractivity contribution in [2.75, 3.05) is 34.2 Å². The zero-order chi connectivity index (χ0) is 24.1. The predicted molar refractivity (Wildman–Crippen MR) is 139 cm³/mol. The van der Waals surface area contributed by atoms with Gasteiger partial charge in [-0.2, -0.15) is 0 Å². The van der Waals surface area contributed by atoms with Gasteiger partial charge >= 0.3 is 0 Å². The third kappa shape index (κ3) is 5.66. The van der Waals surface area contributed by atoms with Crippen molar-refractivity contribution in [3.05, 3.63) is 82.8 Å². The van der Waals surface area contributed by atoms with Gasteiger partial charge < -0.3 is 10.2 Å². The summed E-state index contributed by atoms with van der Waals surface area (Å²) in [6.07, 6.45) is 3.61. The molecule has 1 heterocycles. The molecular weight excluding hydrogens is 493 g/mol. The summed E-state index contributed by atoms with van der Waals surface area (Å²) in [5.41, 5.74) is 1.82. The summed E-state index contributed by atoms with van der Waals surface area (Å²) >= 11 is 12.4. The summed E-state index contributed by atoms with van der Waals surface area (Å²) in [5, 5.41) is 3.27. The highest BCUT2D eigenvalue weighted by molar-refractivity contribution is 7.92. The van der Waals surface area contributed by atoms with Crippen molar-refractivity contribution in [2.24, 2.45) is 0 Å². The van der Waals surface area contributed by atoms with Crippen LogP contribution in [0.5, 0.6) is 0 Å². The normalized spacial score (nSPS) is 14.0. The molecule has 0 bridgehead atoms. The van der Waals surface area contributed by atoms with E-state index < -0.39 is 22.5 Å². The van der Waals surface area contributed by atoms with Crippen LogP contribution in [0, 0.1) is 0 Å². The van der Waals surface area contributed by atoms with E-state index in [1.807, 2.05) is 24.3 Å². The molecule has 0 spiro atoms. The largest absolute Gasteiger partial charge is 0.372 e. The molecule has 0 radical (unpaired) electrons. The van der Waals surface area contributed by atoms with Crippen LogP contribution in [0.4, 0.5) is 17.1 Å². The van der Waals surface area contributed by atoms with Crippen molar-refractivity contribution in [3.63, 3.8) is 0 Å². The highest BCUT2D eigenvalue weighted by Crippen LogP contribution is 2.33. The monoisotopic (exact) mass is 517 g/mol. The Hall–Kier alpha value is -2.74. The van der Waals surface area contributed by atoms with Gasteiger partial charge in [0.2, 0.25) is 5.91 Å². The van der Waals surface area contributed by atoms with Gasteiger partial charge in [0.1, 0.15) is 6.54 Å². The zero-order valence-electron chi connectivity index (χ0n) is 18.5. The Balaban J connectivity index is 1.56. The van der Waals surface area contributed by atoms with Gasteiger partial charge in [-0.05, 0) is 73.9 Å². The lowest BCUT2D eigenvalue weighted by atomic mass is 10.1. The molecule has 1 N–H and O–H groups in total. The average molecular weight is 518 g/mol. The molecule has 178 valence electrons. The maximum Gasteiger partial charge on any atom is 0.264 e. The van der Waals surface area contributed by atoms with Crippen molar-refractivity contribution < 1.29 is 13.2 Å². The van der Waals surface area contributed by atoms with Crippen LogP contribution in [0.1, 0.15) is 19.3 Å². The molecule has 1 aliphatic heterocycles. The van der Waals surface area contributed by atoms with Gasteiger partial charge in [-0.25, -0.2) is 8.42 Å². The van der Waals surface area contributed by atoms with E-state index in [-0.39, 0.29) is 15.6 Å². The van der Waals surface area contributed by atoms with Crippen molar-refractivity contribution in [1.29, 1.82) is 0 Å². The minimum absolute atomic E-state index is 0.0460. The molecule has 1 aliphatic rings. The third-order valence-electron chi connectivity index (χ3n) is 5.67. The lowest BCUT2D eigenvalue weighted by Crippen LogP contribution is -2.38. The van der Waals surface area contributed by atoms with Crippen LogP contribution in [0.3, 0.4) is 0 Å². The first-order chi connectivity index (χ1) is 16.3. The second-order valence-corrected chi connectivity index (χ2v) is 10.8. The molecule has 34 heavy (non-hydrogen) atoms. The SMILES string of the molecule is O=C(CN(c1cc(Cl)ccc1Cl)S(=O)(=O)c1ccccc1)Nc1ccc(N2CCCCC2)cc1. The van der Waals surface area contributed by atoms with Gasteiger partial charge in [0.05, 0.1) is 15.6 Å². The van der Waals surface area contributed by atoms with Crippen LogP contribution in [0.25, 0.3) is 0 Å². The van der Waals surface area contributed by atoms with Crippen LogP contribution in [0.2, 0.25) is 10.0 Å². The number of nitrogens with zero attached hydrogens (tertiary/aromatic N) is 2. The Morgan fingerprint density at radius 2 is 1.59 bits per heavy atom. The summed E-state index contributed by atoms with van der Waals surface area (Å²) in [5.74, 6) is -0.499. The van der Waals surface area contributed by atoms with Gasteiger partial charge in [-0.1, -0.05) is 41.4 Å². The number of sulfonamides is 1. The van der Waals surface area contributed by atoms with Crippen LogP contribution in [-0.4, -0.2) is 34.0 Å². The first kappa shape index (κ1) is 24.4. The van der Waals surface area contributed by atoms with E-state index in [0.717, 1.165) is 23.1 Å². The molecule has 1 saturated heterocycles. The van der Waals surface area contributed by atoms with Crippen LogP contribution < -0.4 is 14.5 Å². The number of carbonyl (C=O) groups excluding carboxylic acids is 1. The number of hydrogen-bond acceptors (Lipinski definition) is 4. The molecule has 0 aromatic heterocycles. The van der Waals surface area contributed by atoms with Gasteiger partial charge in [-0.15, -0.1) is 0 Å². The van der Waals surface area contributed by atoms with E-state index in [1.165, 1.54) is 43.5 Å². The van der Waals surface area contributed by atoms with E-state index in [9.17, 15) is 13.2 Å². The smallest absolute Gasteiger partial charge is 0.264 e. The summed E-state index contributed by atoms with van der Waals surface area (Å²) in [6, 6.07) is 20.0. The molecule has 4 rings (SSSR count). The highest BCUT2D eigenvalue weighted by atomic mass is 35.5. The fourth-order valence-electron chi connectivity index (χ4n) is 3.93. The first-order valence-electron chi connectivity index (χ1n) is 11.0. The van der Waals surface area contributed by atoms with E-state index in [1.54, 1.807) is 24.3 Å². The number of anilines is 3. The molecule has 6 nitrogen and oxygen atoms in total. The third-order valence-corrected chi connectivity index (χ3v) is 8.00. The molecular formula is C25H25Cl2N3O3S. The lowest BCUT2D eigenvalue weighted by molar-refractivity contribution is -0.114. The van der Waals surface area contributed by atoms with Crippen LogP contribution in [-0.2, 0) is 14.8 Å². The lowest BCUT2D eigenvalue weighted by Gasteiger charge is -2.29. The van der Waals surface area contributed by atoms with Gasteiger partial charge in [-0.3, -0.25) is 9.10 Å². The number of piperidine rings is 1. The Labute approximate surface area is 210 Å². The van der Waals surface area contributed by atoms with Gasteiger partial charge in [0, 0.05) is 29.5 Å². The Morgan fingerprint density at radius 3 is 2.26 bits per heavy atom. The molecule has 0 atom stereocenters. The summed E-state index contributed by atoms with van der Waals surface area (Å²) in [4.78, 5) is 15.3. The van der Waals surface area contributed by atoms with Crippen LogP contribution >= 0.6 is 23.2 Å². The molecule has 0 saturated carbocycles. The maximum atomic E-state index is 13.4. The highest BCUT2D eigenvalue weighted by Gasteiger charge is 2.29. The Bertz CT molecular complexity index is 1250. The minimum atomic E-state index is -4.08. The molecule has 1 amide bonds. The van der Waals surface area contributed by atoms with Gasteiger partial charge in [0.25, 0.3) is 10.0 Å². The summed E-state index contributed by atoms with van der Waals surface area (Å²) in [7, 11) is -4.08. The van der Waals surface area contributed by atoms with Gasteiger partial charge in [0.15, 0.2) is 0 Å². The molecule has 1 fully saturated rings. The minimum Gasteiger partial charge on any atom is -0.372 e. The molecule has 0 unspecified atom stereocenters. The standard InChI is InChI=1S/C25H25Cl2N3O3S/c26-19-9-14-23(27)24(17-19)30(34(32,33)22-7-3-1-4-8-22)18-25(31)28-20-10-12-21(13-11-20)29-15-5-2-6-16-29/h1,3-4,7-14,17H,2,5-6,15-16,18H2,(H,28,31). The van der Waals surface area contributed by atoms with E-state index >= 15 is 0 Å². The van der Waals surface area contributed by atoms with E-state index in [2.05, 4.69) is 10.2 Å². The second kappa shape index (κ2) is 10.7. The summed E-state index contributed by atoms with van der Waals surface area (Å²) in [6.45, 7) is 1.59. The average Bonchev–Trinajstić information content (AvgIpc) is 2.85. The van der Waals surface area contributed by atoms with E-state index in [4.69, 9.17) is 23.2 Å². The topological polar surface area (TPSA) is 69.7 Å². The molecule has 9 heteroatoms. The number of carbonyl (C=O) groups is 1. The summed E-state index contributed by atoms with van der Waals surface area (Å²) < 4.78 is 27.9. The Morgan fingerprint density at radius 1 is 0.912 bits per heavy atom. The molecule has 3 aromatic carbocycles. The number of nitrogens with one attached hydrogen (secondary N) is 1. The molecule has 3 aromatic rings. The number of hydrogen-bond donors (Lipinski definition) is 1. The predicted octanol–water partition coefficient (Wildman–Crippen LogP) is 5.82. The maximum absolute atomic E-state index is 13.4. The number of rotatable bonds is 7. The zero-order valence-corrected chi connectivity index (χ0v) is 20.8. The fraction of sp³-hybridized carbons (Fsp3) is 0.240. The van der Waals surface area contributed by atoms with Crippen molar-refractivity contribution in [2.45, 2.75) is 24.2 Å². The van der Waals surface area contributed by atoms with Crippen molar-refractivity contribution >= 4 is 56.2 Å². The second-order valence-electron chi connectivity index (χ2n) is 8.06. The number of benzene rings is 3. The quantitative estimate of drug-likeness (QED) is 0.428.